The lowest BCUT2D eigenvalue weighted by atomic mass is 9.92. The molecule has 1 aromatic rings. The minimum absolute atomic E-state index is 0. The lowest BCUT2D eigenvalue weighted by molar-refractivity contribution is -0.123. The molecule has 0 saturated carbocycles. The summed E-state index contributed by atoms with van der Waals surface area (Å²) in [6.45, 7) is 5.36. The third kappa shape index (κ3) is 3.68. The summed E-state index contributed by atoms with van der Waals surface area (Å²) in [7, 11) is 0. The van der Waals surface area contributed by atoms with E-state index in [1.165, 1.54) is 6.07 Å². The fourth-order valence-corrected chi connectivity index (χ4v) is 1.13. The standard InChI is InChI=1S/C12H17FN2O.ClH/c1-8-9(13)5-4-6-10(8)15-11(16)12(2,3)7-14;/h4-6H,7,14H2,1-3H3,(H,15,16);1H. The summed E-state index contributed by atoms with van der Waals surface area (Å²) in [5.41, 5.74) is 5.77. The smallest absolute Gasteiger partial charge is 0.231 e. The van der Waals surface area contributed by atoms with E-state index in [0.29, 0.717) is 11.3 Å². The number of amides is 1. The zero-order valence-electron chi connectivity index (χ0n) is 10.2. The number of nitrogens with two attached hydrogens (primary N) is 1. The van der Waals surface area contributed by atoms with Gasteiger partial charge in [-0.2, -0.15) is 0 Å². The number of carbonyl (C=O) groups is 1. The van der Waals surface area contributed by atoms with Crippen LogP contribution in [0.1, 0.15) is 19.4 Å². The zero-order chi connectivity index (χ0) is 12.3. The van der Waals surface area contributed by atoms with Crippen LogP contribution in [0.3, 0.4) is 0 Å². The number of halogens is 2. The number of rotatable bonds is 3. The molecule has 0 bridgehead atoms. The summed E-state index contributed by atoms with van der Waals surface area (Å²) < 4.78 is 13.2. The second kappa shape index (κ2) is 5.98. The SMILES string of the molecule is Cc1c(F)cccc1NC(=O)C(C)(C)CN.Cl. The topological polar surface area (TPSA) is 55.1 Å². The average molecular weight is 261 g/mol. The molecule has 0 heterocycles. The van der Waals surface area contributed by atoms with Crippen molar-refractivity contribution in [1.29, 1.82) is 0 Å². The molecule has 96 valence electrons. The average Bonchev–Trinajstić information content (AvgIpc) is 2.24. The van der Waals surface area contributed by atoms with Crippen molar-refractivity contribution >= 4 is 24.0 Å². The third-order valence-corrected chi connectivity index (χ3v) is 2.64. The van der Waals surface area contributed by atoms with E-state index in [1.807, 2.05) is 0 Å². The number of nitrogens with one attached hydrogen (secondary N) is 1. The highest BCUT2D eigenvalue weighted by Gasteiger charge is 2.26. The van der Waals surface area contributed by atoms with Crippen molar-refractivity contribution in [3.63, 3.8) is 0 Å². The second-order valence-corrected chi connectivity index (χ2v) is 4.45. The van der Waals surface area contributed by atoms with E-state index in [0.717, 1.165) is 0 Å². The molecule has 0 aliphatic heterocycles. The fourth-order valence-electron chi connectivity index (χ4n) is 1.13. The molecule has 3 nitrogen and oxygen atoms in total. The normalized spacial score (nSPS) is 10.6. The van der Waals surface area contributed by atoms with Gasteiger partial charge in [0.1, 0.15) is 5.82 Å². The Hall–Kier alpha value is -1.13. The number of carbonyl (C=O) groups excluding carboxylic acids is 1. The maximum atomic E-state index is 13.2. The van der Waals surface area contributed by atoms with Gasteiger partial charge in [0.15, 0.2) is 0 Å². The second-order valence-electron chi connectivity index (χ2n) is 4.45. The summed E-state index contributed by atoms with van der Waals surface area (Å²) in [6.07, 6.45) is 0. The van der Waals surface area contributed by atoms with Gasteiger partial charge < -0.3 is 11.1 Å². The summed E-state index contributed by atoms with van der Waals surface area (Å²) in [6, 6.07) is 4.59. The monoisotopic (exact) mass is 260 g/mol. The van der Waals surface area contributed by atoms with Crippen molar-refractivity contribution in [3.8, 4) is 0 Å². The Morgan fingerprint density at radius 2 is 2.06 bits per heavy atom. The molecule has 0 saturated heterocycles. The van der Waals surface area contributed by atoms with E-state index < -0.39 is 5.41 Å². The number of benzene rings is 1. The van der Waals surface area contributed by atoms with Gasteiger partial charge in [0.25, 0.3) is 0 Å². The van der Waals surface area contributed by atoms with Gasteiger partial charge >= 0.3 is 0 Å². The molecule has 0 aliphatic carbocycles. The van der Waals surface area contributed by atoms with Crippen molar-refractivity contribution in [2.75, 3.05) is 11.9 Å². The van der Waals surface area contributed by atoms with Crippen LogP contribution >= 0.6 is 12.4 Å². The van der Waals surface area contributed by atoms with Gasteiger partial charge in [-0.1, -0.05) is 6.07 Å². The first-order chi connectivity index (χ1) is 7.38. The fraction of sp³-hybridized carbons (Fsp3) is 0.417. The Morgan fingerprint density at radius 1 is 1.47 bits per heavy atom. The van der Waals surface area contributed by atoms with Crippen molar-refractivity contribution in [2.45, 2.75) is 20.8 Å². The quantitative estimate of drug-likeness (QED) is 0.877. The van der Waals surface area contributed by atoms with Gasteiger partial charge in [-0.25, -0.2) is 4.39 Å². The summed E-state index contributed by atoms with van der Waals surface area (Å²) >= 11 is 0. The molecule has 1 amide bonds. The summed E-state index contributed by atoms with van der Waals surface area (Å²) in [5, 5.41) is 2.68. The number of hydrogen-bond donors (Lipinski definition) is 2. The third-order valence-electron chi connectivity index (χ3n) is 2.64. The van der Waals surface area contributed by atoms with E-state index in [2.05, 4.69) is 5.32 Å². The molecule has 1 rings (SSSR count). The summed E-state index contributed by atoms with van der Waals surface area (Å²) in [5.74, 6) is -0.535. The van der Waals surface area contributed by atoms with Crippen LogP contribution in [0.25, 0.3) is 0 Å². The first-order valence-corrected chi connectivity index (χ1v) is 5.15. The highest BCUT2D eigenvalue weighted by atomic mass is 35.5. The first-order valence-electron chi connectivity index (χ1n) is 5.15. The van der Waals surface area contributed by atoms with Crippen LogP contribution in [-0.2, 0) is 4.79 Å². The van der Waals surface area contributed by atoms with Crippen LogP contribution in [0, 0.1) is 18.2 Å². The summed E-state index contributed by atoms with van der Waals surface area (Å²) in [4.78, 5) is 11.8. The minimum atomic E-state index is -0.654. The van der Waals surface area contributed by atoms with Crippen LogP contribution in [0.5, 0.6) is 0 Å². The van der Waals surface area contributed by atoms with Crippen molar-refractivity contribution in [3.05, 3.63) is 29.6 Å². The molecule has 0 atom stereocenters. The van der Waals surface area contributed by atoms with E-state index in [4.69, 9.17) is 5.73 Å². The molecular weight excluding hydrogens is 243 g/mol. The van der Waals surface area contributed by atoms with E-state index in [9.17, 15) is 9.18 Å². The Labute approximate surface area is 107 Å². The van der Waals surface area contributed by atoms with Crippen LogP contribution in [-0.4, -0.2) is 12.5 Å². The van der Waals surface area contributed by atoms with Crippen molar-refractivity contribution in [1.82, 2.24) is 0 Å². The van der Waals surface area contributed by atoms with Gasteiger partial charge in [0, 0.05) is 17.8 Å². The van der Waals surface area contributed by atoms with E-state index in [-0.39, 0.29) is 30.7 Å². The molecule has 17 heavy (non-hydrogen) atoms. The van der Waals surface area contributed by atoms with Gasteiger partial charge in [0.05, 0.1) is 5.41 Å². The van der Waals surface area contributed by atoms with E-state index >= 15 is 0 Å². The highest BCUT2D eigenvalue weighted by molar-refractivity contribution is 5.95. The van der Waals surface area contributed by atoms with Gasteiger partial charge in [0.2, 0.25) is 5.91 Å². The van der Waals surface area contributed by atoms with Crippen LogP contribution in [0.4, 0.5) is 10.1 Å². The van der Waals surface area contributed by atoms with Gasteiger partial charge in [-0.15, -0.1) is 12.4 Å². The minimum Gasteiger partial charge on any atom is -0.329 e. The predicted octanol–water partition coefficient (Wildman–Crippen LogP) is 2.48. The lowest BCUT2D eigenvalue weighted by Crippen LogP contribution is -2.37. The van der Waals surface area contributed by atoms with Crippen molar-refractivity contribution < 1.29 is 9.18 Å². The molecule has 0 radical (unpaired) electrons. The van der Waals surface area contributed by atoms with Gasteiger partial charge in [-0.3, -0.25) is 4.79 Å². The van der Waals surface area contributed by atoms with Crippen LogP contribution in [0.2, 0.25) is 0 Å². The Bertz CT molecular complexity index is 407. The molecule has 0 aliphatic rings. The first kappa shape index (κ1) is 15.9. The van der Waals surface area contributed by atoms with E-state index in [1.54, 1.807) is 32.9 Å². The molecule has 0 aromatic heterocycles. The lowest BCUT2D eigenvalue weighted by Gasteiger charge is -2.22. The van der Waals surface area contributed by atoms with Crippen LogP contribution < -0.4 is 11.1 Å². The molecule has 0 fully saturated rings. The van der Waals surface area contributed by atoms with Crippen molar-refractivity contribution in [2.24, 2.45) is 11.1 Å². The largest absolute Gasteiger partial charge is 0.329 e. The molecule has 0 unspecified atom stereocenters. The molecule has 0 spiro atoms. The number of anilines is 1. The molecule has 3 N–H and O–H groups in total. The Kier molecular flexibility index (Phi) is 5.58. The Balaban J connectivity index is 0.00000256. The molecular formula is C12H18ClFN2O. The maximum absolute atomic E-state index is 13.2. The Morgan fingerprint density at radius 3 is 2.59 bits per heavy atom. The molecule has 1 aromatic carbocycles. The molecule has 5 heteroatoms. The van der Waals surface area contributed by atoms with Crippen LogP contribution in [0.15, 0.2) is 18.2 Å². The number of hydrogen-bond acceptors (Lipinski definition) is 2. The zero-order valence-corrected chi connectivity index (χ0v) is 11.0. The van der Waals surface area contributed by atoms with Gasteiger partial charge in [-0.05, 0) is 32.9 Å². The predicted molar refractivity (Wildman–Crippen MR) is 69.9 cm³/mol. The maximum Gasteiger partial charge on any atom is 0.231 e. The highest BCUT2D eigenvalue weighted by Crippen LogP contribution is 2.21.